The van der Waals surface area contributed by atoms with Gasteiger partial charge in [-0.05, 0) is 36.8 Å². The standard InChI is InChI=1S/C27H44O4/c1-5-6-7-10-13-20-25(28)30-23-18-15-16-19-24(23)31-26(29)21-14-11-8-9-12-17-22-27(2,3)4/h15-16,18-19H,5-14,17,20-22H2,1-4H3. The van der Waals surface area contributed by atoms with Crippen molar-refractivity contribution in [2.45, 2.75) is 118 Å². The molecule has 0 fully saturated rings. The molecule has 0 amide bonds. The van der Waals surface area contributed by atoms with Crippen molar-refractivity contribution in [3.05, 3.63) is 24.3 Å². The maximum atomic E-state index is 12.2. The number of carbonyl (C=O) groups is 2. The van der Waals surface area contributed by atoms with E-state index in [0.717, 1.165) is 38.5 Å². The highest BCUT2D eigenvalue weighted by atomic mass is 16.6. The number of hydrogen-bond acceptors (Lipinski definition) is 4. The van der Waals surface area contributed by atoms with Crippen LogP contribution >= 0.6 is 0 Å². The number of esters is 2. The van der Waals surface area contributed by atoms with Crippen LogP contribution < -0.4 is 9.47 Å². The third kappa shape index (κ3) is 14.7. The van der Waals surface area contributed by atoms with Gasteiger partial charge in [0.05, 0.1) is 0 Å². The summed E-state index contributed by atoms with van der Waals surface area (Å²) < 4.78 is 10.9. The largest absolute Gasteiger partial charge is 0.423 e. The van der Waals surface area contributed by atoms with Gasteiger partial charge in [-0.2, -0.15) is 0 Å². The Morgan fingerprint density at radius 3 is 1.55 bits per heavy atom. The monoisotopic (exact) mass is 432 g/mol. The van der Waals surface area contributed by atoms with Crippen molar-refractivity contribution in [2.24, 2.45) is 5.41 Å². The van der Waals surface area contributed by atoms with E-state index in [4.69, 9.17) is 9.47 Å². The van der Waals surface area contributed by atoms with Gasteiger partial charge in [-0.1, -0.05) is 97.6 Å². The molecule has 0 unspecified atom stereocenters. The van der Waals surface area contributed by atoms with E-state index >= 15 is 0 Å². The van der Waals surface area contributed by atoms with Gasteiger partial charge in [0.15, 0.2) is 11.5 Å². The van der Waals surface area contributed by atoms with Crippen molar-refractivity contribution in [3.8, 4) is 11.5 Å². The summed E-state index contributed by atoms with van der Waals surface area (Å²) in [6, 6.07) is 6.91. The van der Waals surface area contributed by atoms with Gasteiger partial charge in [0.25, 0.3) is 0 Å². The molecule has 0 aromatic heterocycles. The molecular weight excluding hydrogens is 388 g/mol. The Balaban J connectivity index is 2.25. The van der Waals surface area contributed by atoms with Gasteiger partial charge >= 0.3 is 11.9 Å². The molecule has 0 aliphatic heterocycles. The Morgan fingerprint density at radius 1 is 0.677 bits per heavy atom. The van der Waals surface area contributed by atoms with Crippen LogP contribution in [-0.4, -0.2) is 11.9 Å². The first kappa shape index (κ1) is 27.2. The lowest BCUT2D eigenvalue weighted by Crippen LogP contribution is -2.12. The topological polar surface area (TPSA) is 52.6 Å². The molecule has 1 aromatic rings. The molecule has 4 heteroatoms. The highest BCUT2D eigenvalue weighted by Crippen LogP contribution is 2.28. The second kappa shape index (κ2) is 15.9. The van der Waals surface area contributed by atoms with Gasteiger partial charge in [-0.25, -0.2) is 0 Å². The molecule has 0 heterocycles. The quantitative estimate of drug-likeness (QED) is 0.151. The lowest BCUT2D eigenvalue weighted by atomic mass is 9.89. The SMILES string of the molecule is CCCCCCCC(=O)Oc1ccccc1OC(=O)CCCCCCCCC(C)(C)C. The van der Waals surface area contributed by atoms with E-state index < -0.39 is 0 Å². The van der Waals surface area contributed by atoms with Crippen LogP contribution in [0.4, 0.5) is 0 Å². The van der Waals surface area contributed by atoms with Crippen LogP contribution in [0.25, 0.3) is 0 Å². The summed E-state index contributed by atoms with van der Waals surface area (Å²) in [6.07, 6.45) is 14.2. The summed E-state index contributed by atoms with van der Waals surface area (Å²) in [4.78, 5) is 24.3. The molecule has 1 rings (SSSR count). The highest BCUT2D eigenvalue weighted by Gasteiger charge is 2.13. The number of rotatable bonds is 16. The molecule has 4 nitrogen and oxygen atoms in total. The van der Waals surface area contributed by atoms with Crippen LogP contribution in [0, 0.1) is 5.41 Å². The smallest absolute Gasteiger partial charge is 0.311 e. The Bertz CT molecular complexity index is 630. The van der Waals surface area contributed by atoms with E-state index in [-0.39, 0.29) is 11.9 Å². The maximum absolute atomic E-state index is 12.2. The van der Waals surface area contributed by atoms with Crippen LogP contribution in [0.3, 0.4) is 0 Å². The summed E-state index contributed by atoms with van der Waals surface area (Å²) in [5.74, 6) is 0.115. The van der Waals surface area contributed by atoms with Crippen LogP contribution in [0.15, 0.2) is 24.3 Å². The highest BCUT2D eigenvalue weighted by molar-refractivity contribution is 5.76. The van der Waals surface area contributed by atoms with Gasteiger partial charge in [-0.15, -0.1) is 0 Å². The molecule has 31 heavy (non-hydrogen) atoms. The fourth-order valence-corrected chi connectivity index (χ4v) is 3.47. The molecular formula is C27H44O4. The maximum Gasteiger partial charge on any atom is 0.311 e. The van der Waals surface area contributed by atoms with Gasteiger partial charge in [0, 0.05) is 12.8 Å². The number of hydrogen-bond donors (Lipinski definition) is 0. The van der Waals surface area contributed by atoms with E-state index in [1.807, 2.05) is 0 Å². The second-order valence-electron chi connectivity index (χ2n) is 9.74. The Labute approximate surface area is 190 Å². The minimum Gasteiger partial charge on any atom is -0.423 e. The third-order valence-corrected chi connectivity index (χ3v) is 5.34. The van der Waals surface area contributed by atoms with Gasteiger partial charge in [0.2, 0.25) is 0 Å². The van der Waals surface area contributed by atoms with E-state index in [1.165, 1.54) is 38.5 Å². The van der Waals surface area contributed by atoms with Gasteiger partial charge in [0.1, 0.15) is 0 Å². The van der Waals surface area contributed by atoms with Crippen LogP contribution in [0.2, 0.25) is 0 Å². The van der Waals surface area contributed by atoms with Crippen molar-refractivity contribution in [1.29, 1.82) is 0 Å². The lowest BCUT2D eigenvalue weighted by molar-refractivity contribution is -0.137. The van der Waals surface area contributed by atoms with Crippen molar-refractivity contribution in [1.82, 2.24) is 0 Å². The predicted octanol–water partition coefficient (Wildman–Crippen LogP) is 8.02. The van der Waals surface area contributed by atoms with Crippen molar-refractivity contribution in [2.75, 3.05) is 0 Å². The first-order valence-electron chi connectivity index (χ1n) is 12.3. The zero-order valence-corrected chi connectivity index (χ0v) is 20.3. The third-order valence-electron chi connectivity index (χ3n) is 5.34. The van der Waals surface area contributed by atoms with Crippen LogP contribution in [0.5, 0.6) is 11.5 Å². The zero-order valence-electron chi connectivity index (χ0n) is 20.3. The van der Waals surface area contributed by atoms with Gasteiger partial charge < -0.3 is 9.47 Å². The average molecular weight is 433 g/mol. The molecule has 1 aromatic carbocycles. The fourth-order valence-electron chi connectivity index (χ4n) is 3.47. The van der Waals surface area contributed by atoms with Crippen LogP contribution in [-0.2, 0) is 9.59 Å². The van der Waals surface area contributed by atoms with E-state index in [1.54, 1.807) is 24.3 Å². The second-order valence-corrected chi connectivity index (χ2v) is 9.74. The lowest BCUT2D eigenvalue weighted by Gasteiger charge is -2.17. The van der Waals surface area contributed by atoms with E-state index in [2.05, 4.69) is 27.7 Å². The summed E-state index contributed by atoms with van der Waals surface area (Å²) in [6.45, 7) is 9.02. The molecule has 0 atom stereocenters. The minimum atomic E-state index is -0.272. The van der Waals surface area contributed by atoms with E-state index in [0.29, 0.717) is 29.8 Å². The minimum absolute atomic E-state index is 0.268. The van der Waals surface area contributed by atoms with Crippen molar-refractivity contribution >= 4 is 11.9 Å². The average Bonchev–Trinajstić information content (AvgIpc) is 2.70. The Kier molecular flexibility index (Phi) is 13.9. The Hall–Kier alpha value is -1.84. The fraction of sp³-hybridized carbons (Fsp3) is 0.704. The molecule has 0 aliphatic carbocycles. The predicted molar refractivity (Wildman–Crippen MR) is 127 cm³/mol. The summed E-state index contributed by atoms with van der Waals surface area (Å²) in [7, 11) is 0. The molecule has 0 N–H and O–H groups in total. The number of benzene rings is 1. The summed E-state index contributed by atoms with van der Waals surface area (Å²) >= 11 is 0. The van der Waals surface area contributed by atoms with Crippen molar-refractivity contribution in [3.63, 3.8) is 0 Å². The number of unbranched alkanes of at least 4 members (excludes halogenated alkanes) is 9. The van der Waals surface area contributed by atoms with Crippen LogP contribution in [0.1, 0.15) is 118 Å². The molecule has 0 saturated carbocycles. The molecule has 0 bridgehead atoms. The molecule has 0 spiro atoms. The normalized spacial score (nSPS) is 11.4. The van der Waals surface area contributed by atoms with Gasteiger partial charge in [-0.3, -0.25) is 9.59 Å². The summed E-state index contributed by atoms with van der Waals surface area (Å²) in [5, 5.41) is 0. The zero-order chi connectivity index (χ0) is 23.0. The first-order valence-corrected chi connectivity index (χ1v) is 12.3. The molecule has 176 valence electrons. The molecule has 0 aliphatic rings. The summed E-state index contributed by atoms with van der Waals surface area (Å²) in [5.41, 5.74) is 0.420. The Morgan fingerprint density at radius 2 is 1.10 bits per heavy atom. The number of ether oxygens (including phenoxy) is 2. The molecule has 0 radical (unpaired) electrons. The number of carbonyl (C=O) groups excluding carboxylic acids is 2. The van der Waals surface area contributed by atoms with E-state index in [9.17, 15) is 9.59 Å². The van der Waals surface area contributed by atoms with Crippen molar-refractivity contribution < 1.29 is 19.1 Å². The number of para-hydroxylation sites is 2. The first-order chi connectivity index (χ1) is 14.8. The molecule has 0 saturated heterocycles.